The molecule has 2 aromatic carbocycles. The Morgan fingerprint density at radius 2 is 1.73 bits per heavy atom. The first kappa shape index (κ1) is 25.1. The van der Waals surface area contributed by atoms with E-state index in [0.29, 0.717) is 11.6 Å². The summed E-state index contributed by atoms with van der Waals surface area (Å²) in [6, 6.07) is 14.7. The van der Waals surface area contributed by atoms with Gasteiger partial charge in [-0.05, 0) is 66.6 Å². The Labute approximate surface area is 218 Å². The van der Waals surface area contributed by atoms with Crippen LogP contribution in [0.25, 0.3) is 10.9 Å². The van der Waals surface area contributed by atoms with Gasteiger partial charge in [-0.3, -0.25) is 9.59 Å². The molecule has 2 N–H and O–H groups in total. The molecular formula is C29H37N5O3. The van der Waals surface area contributed by atoms with E-state index in [4.69, 9.17) is 10.5 Å². The van der Waals surface area contributed by atoms with E-state index in [0.717, 1.165) is 81.7 Å². The minimum Gasteiger partial charge on any atom is -0.496 e. The third kappa shape index (κ3) is 5.44. The second kappa shape index (κ2) is 10.8. The molecule has 3 heterocycles. The molecule has 2 amide bonds. The number of piperidine rings is 1. The summed E-state index contributed by atoms with van der Waals surface area (Å²) in [5.41, 5.74) is 9.58. The molecule has 0 aliphatic carbocycles. The second-order valence-electron chi connectivity index (χ2n) is 10.2. The van der Waals surface area contributed by atoms with E-state index in [2.05, 4.69) is 44.8 Å². The quantitative estimate of drug-likeness (QED) is 0.535. The first-order chi connectivity index (χ1) is 17.9. The topological polar surface area (TPSA) is 84.0 Å². The lowest BCUT2D eigenvalue weighted by atomic mass is 10.0. The number of amides is 2. The van der Waals surface area contributed by atoms with Gasteiger partial charge in [0.05, 0.1) is 7.11 Å². The lowest BCUT2D eigenvalue weighted by molar-refractivity contribution is -0.129. The molecule has 196 valence electrons. The number of carbonyl (C=O) groups is 2. The van der Waals surface area contributed by atoms with Crippen LogP contribution in [0.15, 0.2) is 48.7 Å². The van der Waals surface area contributed by atoms with Crippen molar-refractivity contribution >= 4 is 28.4 Å². The van der Waals surface area contributed by atoms with Crippen molar-refractivity contribution in [3.05, 3.63) is 59.8 Å². The number of nitrogens with zero attached hydrogens (tertiary/aromatic N) is 4. The van der Waals surface area contributed by atoms with Crippen LogP contribution in [-0.4, -0.2) is 79.1 Å². The number of piperazine rings is 1. The highest BCUT2D eigenvalue weighted by Gasteiger charge is 2.23. The molecule has 2 aliphatic heterocycles. The van der Waals surface area contributed by atoms with E-state index in [1.165, 1.54) is 11.3 Å². The first-order valence-corrected chi connectivity index (χ1v) is 13.2. The van der Waals surface area contributed by atoms with Crippen LogP contribution in [0, 0.1) is 0 Å². The summed E-state index contributed by atoms with van der Waals surface area (Å²) in [7, 11) is 1.74. The molecule has 0 spiro atoms. The number of aromatic nitrogens is 1. The van der Waals surface area contributed by atoms with Crippen molar-refractivity contribution in [1.82, 2.24) is 14.4 Å². The number of anilines is 1. The Bertz CT molecular complexity index is 1270. The molecule has 2 aliphatic rings. The van der Waals surface area contributed by atoms with Gasteiger partial charge in [-0.25, -0.2) is 0 Å². The monoisotopic (exact) mass is 503 g/mol. The van der Waals surface area contributed by atoms with Gasteiger partial charge in [-0.2, -0.15) is 0 Å². The fourth-order valence-corrected chi connectivity index (χ4v) is 5.76. The molecule has 0 bridgehead atoms. The van der Waals surface area contributed by atoms with Gasteiger partial charge in [-0.1, -0.05) is 6.07 Å². The third-order valence-electron chi connectivity index (χ3n) is 8.01. The fraction of sp³-hybridized carbons (Fsp3) is 0.448. The number of rotatable bonds is 7. The Morgan fingerprint density at radius 3 is 2.41 bits per heavy atom. The van der Waals surface area contributed by atoms with E-state index in [1.807, 2.05) is 17.0 Å². The van der Waals surface area contributed by atoms with E-state index in [9.17, 15) is 9.59 Å². The summed E-state index contributed by atoms with van der Waals surface area (Å²) >= 11 is 0. The first-order valence-electron chi connectivity index (χ1n) is 13.2. The number of fused-ring (bicyclic) bond motifs is 1. The highest BCUT2D eigenvalue weighted by molar-refractivity contribution is 5.97. The average molecular weight is 504 g/mol. The van der Waals surface area contributed by atoms with Crippen LogP contribution in [0.4, 0.5) is 5.69 Å². The number of likely N-dealkylation sites (tertiary alicyclic amines) is 1. The number of hydrogen-bond donors (Lipinski definition) is 1. The Morgan fingerprint density at radius 1 is 0.973 bits per heavy atom. The molecule has 8 heteroatoms. The number of hydrogen-bond acceptors (Lipinski definition) is 5. The van der Waals surface area contributed by atoms with Crippen LogP contribution in [0.3, 0.4) is 0 Å². The van der Waals surface area contributed by atoms with Gasteiger partial charge < -0.3 is 29.7 Å². The predicted molar refractivity (Wildman–Crippen MR) is 146 cm³/mol. The van der Waals surface area contributed by atoms with E-state index in [1.54, 1.807) is 20.1 Å². The standard InChI is InChI=1S/C29H37N5O3/c1-21(35)32-15-17-33(18-16-32)26-5-6-28(37-2)23(19-26)7-11-31-12-9-25(10-13-31)34-14-8-22-3-4-24(29(30)36)20-27(22)34/h3-6,8,14,19-20,25H,7,9-13,15-18H2,1-2H3,(H2,30,36). The average Bonchev–Trinajstić information content (AvgIpc) is 3.35. The molecule has 0 unspecified atom stereocenters. The smallest absolute Gasteiger partial charge is 0.248 e. The van der Waals surface area contributed by atoms with Crippen molar-refractivity contribution in [3.63, 3.8) is 0 Å². The molecule has 1 aromatic heterocycles. The number of methoxy groups -OCH3 is 1. The van der Waals surface area contributed by atoms with Gasteiger partial charge in [0.25, 0.3) is 0 Å². The molecule has 3 aromatic rings. The van der Waals surface area contributed by atoms with E-state index < -0.39 is 0 Å². The van der Waals surface area contributed by atoms with Gasteiger partial charge in [-0.15, -0.1) is 0 Å². The van der Waals surface area contributed by atoms with Crippen molar-refractivity contribution in [2.75, 3.05) is 57.8 Å². The summed E-state index contributed by atoms with van der Waals surface area (Å²) in [4.78, 5) is 30.1. The molecule has 8 nitrogen and oxygen atoms in total. The maximum Gasteiger partial charge on any atom is 0.248 e. The van der Waals surface area contributed by atoms with Crippen LogP contribution < -0.4 is 15.4 Å². The predicted octanol–water partition coefficient (Wildman–Crippen LogP) is 3.30. The van der Waals surface area contributed by atoms with Crippen molar-refractivity contribution in [2.24, 2.45) is 5.73 Å². The van der Waals surface area contributed by atoms with Gasteiger partial charge in [0.2, 0.25) is 11.8 Å². The van der Waals surface area contributed by atoms with Gasteiger partial charge in [0.15, 0.2) is 0 Å². The maximum atomic E-state index is 11.7. The number of carbonyl (C=O) groups excluding carboxylic acids is 2. The molecule has 0 atom stereocenters. The zero-order chi connectivity index (χ0) is 25.9. The SMILES string of the molecule is COc1ccc(N2CCN(C(C)=O)CC2)cc1CCN1CCC(n2ccc3ccc(C(N)=O)cc32)CC1. The minimum atomic E-state index is -0.387. The molecule has 5 rings (SSSR count). The molecule has 2 saturated heterocycles. The van der Waals surface area contributed by atoms with Crippen LogP contribution >= 0.6 is 0 Å². The highest BCUT2D eigenvalue weighted by atomic mass is 16.5. The van der Waals surface area contributed by atoms with Gasteiger partial charge in [0, 0.05) is 81.7 Å². The molecule has 37 heavy (non-hydrogen) atoms. The minimum absolute atomic E-state index is 0.152. The second-order valence-corrected chi connectivity index (χ2v) is 10.2. The highest BCUT2D eigenvalue weighted by Crippen LogP contribution is 2.30. The van der Waals surface area contributed by atoms with E-state index >= 15 is 0 Å². The van der Waals surface area contributed by atoms with Crippen molar-refractivity contribution in [3.8, 4) is 5.75 Å². The van der Waals surface area contributed by atoms with Crippen molar-refractivity contribution in [2.45, 2.75) is 32.2 Å². The number of primary amides is 1. The van der Waals surface area contributed by atoms with Crippen LogP contribution in [0.2, 0.25) is 0 Å². The Kier molecular flexibility index (Phi) is 7.37. The number of ether oxygens (including phenoxy) is 1. The maximum absolute atomic E-state index is 11.7. The summed E-state index contributed by atoms with van der Waals surface area (Å²) < 4.78 is 8.00. The van der Waals surface area contributed by atoms with Crippen LogP contribution in [-0.2, 0) is 11.2 Å². The lowest BCUT2D eigenvalue weighted by Crippen LogP contribution is -2.48. The molecule has 0 saturated carbocycles. The Balaban J connectivity index is 1.19. The zero-order valence-electron chi connectivity index (χ0n) is 21.9. The lowest BCUT2D eigenvalue weighted by Gasteiger charge is -2.36. The summed E-state index contributed by atoms with van der Waals surface area (Å²) in [5.74, 6) is 0.701. The van der Waals surface area contributed by atoms with Gasteiger partial charge in [0.1, 0.15) is 5.75 Å². The van der Waals surface area contributed by atoms with Crippen molar-refractivity contribution < 1.29 is 14.3 Å². The van der Waals surface area contributed by atoms with Crippen LogP contribution in [0.1, 0.15) is 41.7 Å². The van der Waals surface area contributed by atoms with E-state index in [-0.39, 0.29) is 11.8 Å². The molecule has 2 fully saturated rings. The number of nitrogens with two attached hydrogens (primary N) is 1. The Hall–Kier alpha value is -3.52. The molecule has 0 radical (unpaired) electrons. The summed E-state index contributed by atoms with van der Waals surface area (Å²) in [6.07, 6.45) is 5.22. The van der Waals surface area contributed by atoms with Gasteiger partial charge >= 0.3 is 0 Å². The summed E-state index contributed by atoms with van der Waals surface area (Å²) in [5, 5.41) is 1.14. The van der Waals surface area contributed by atoms with Crippen molar-refractivity contribution in [1.29, 1.82) is 0 Å². The number of benzene rings is 2. The molecular weight excluding hydrogens is 466 g/mol. The zero-order valence-corrected chi connectivity index (χ0v) is 21.9. The normalized spacial score (nSPS) is 17.4. The third-order valence-corrected chi connectivity index (χ3v) is 8.01. The largest absolute Gasteiger partial charge is 0.496 e. The summed E-state index contributed by atoms with van der Waals surface area (Å²) in [6.45, 7) is 7.96. The fourth-order valence-electron chi connectivity index (χ4n) is 5.76. The van der Waals surface area contributed by atoms with Crippen LogP contribution in [0.5, 0.6) is 5.75 Å².